The number of carbonyl (C=O) groups excluding carboxylic acids is 1. The van der Waals surface area contributed by atoms with Crippen LogP contribution in [-0.2, 0) is 33.0 Å². The maximum Gasteiger partial charge on any atom is 0.326 e. The Bertz CT molecular complexity index is 1950. The Balaban J connectivity index is 1.59. The van der Waals surface area contributed by atoms with Gasteiger partial charge in [0.2, 0.25) is 10.0 Å². The van der Waals surface area contributed by atoms with Gasteiger partial charge in [-0.15, -0.1) is 0 Å². The van der Waals surface area contributed by atoms with Gasteiger partial charge < -0.3 is 9.64 Å². The third-order valence-electron chi connectivity index (χ3n) is 8.96. The van der Waals surface area contributed by atoms with E-state index in [0.717, 1.165) is 24.0 Å². The quantitative estimate of drug-likeness (QED) is 0.144. The Labute approximate surface area is 322 Å². The predicted octanol–water partition coefficient (Wildman–Crippen LogP) is 6.45. The summed E-state index contributed by atoms with van der Waals surface area (Å²) >= 11 is 19.1. The summed E-state index contributed by atoms with van der Waals surface area (Å²) in [5.41, 5.74) is 1.90. The Morgan fingerprint density at radius 1 is 0.846 bits per heavy atom. The number of amides is 2. The van der Waals surface area contributed by atoms with Gasteiger partial charge in [0.05, 0.1) is 36.0 Å². The molecule has 0 unspecified atom stereocenters. The van der Waals surface area contributed by atoms with Gasteiger partial charge >= 0.3 is 6.03 Å². The molecule has 2 aliphatic heterocycles. The zero-order valence-electron chi connectivity index (χ0n) is 29.3. The lowest BCUT2D eigenvalue weighted by Gasteiger charge is -2.38. The van der Waals surface area contributed by atoms with Gasteiger partial charge in [0, 0.05) is 61.6 Å². The second-order valence-electron chi connectivity index (χ2n) is 12.9. The number of sulfone groups is 1. The maximum absolute atomic E-state index is 14.8. The number of piperazine rings is 1. The summed E-state index contributed by atoms with van der Waals surface area (Å²) in [5, 5.41) is 1.12. The van der Waals surface area contributed by atoms with Gasteiger partial charge in [-0.05, 0) is 74.2 Å². The summed E-state index contributed by atoms with van der Waals surface area (Å²) in [6.07, 6.45) is 3.25. The van der Waals surface area contributed by atoms with Crippen LogP contribution in [0.15, 0.2) is 70.6 Å². The van der Waals surface area contributed by atoms with E-state index in [4.69, 9.17) is 44.5 Å². The molecule has 0 radical (unpaired) electrons. The van der Waals surface area contributed by atoms with E-state index in [9.17, 15) is 21.6 Å². The van der Waals surface area contributed by atoms with Crippen LogP contribution in [0.4, 0.5) is 4.79 Å². The molecule has 0 aromatic heterocycles. The van der Waals surface area contributed by atoms with E-state index in [1.54, 1.807) is 34.1 Å². The first-order valence-electron chi connectivity index (χ1n) is 17.2. The van der Waals surface area contributed by atoms with Crippen molar-refractivity contribution in [1.29, 1.82) is 0 Å². The number of urea groups is 1. The fraction of sp³-hybridized carbons (Fsp3) is 0.444. The molecule has 16 heteroatoms. The SMILES string of the molecule is CCOc1cc(Cl)c(S(=O)(=O)N2CCCC2)cc1/C(=N/Cc1ccc(Cl)cc1)N(Cc1ccc(Cl)cc1)C(=O)N1CCN(CCCS(C)(=O)=O)CC1. The fourth-order valence-electron chi connectivity index (χ4n) is 6.21. The van der Waals surface area contributed by atoms with Crippen molar-refractivity contribution in [2.75, 3.05) is 64.4 Å². The van der Waals surface area contributed by atoms with Crippen molar-refractivity contribution in [3.63, 3.8) is 0 Å². The molecule has 0 spiro atoms. The Morgan fingerprint density at radius 3 is 2.02 bits per heavy atom. The largest absolute Gasteiger partial charge is 0.493 e. The highest BCUT2D eigenvalue weighted by Crippen LogP contribution is 2.35. The second kappa shape index (κ2) is 17.9. The molecule has 5 rings (SSSR count). The van der Waals surface area contributed by atoms with Gasteiger partial charge in [-0.1, -0.05) is 59.1 Å². The normalized spacial score (nSPS) is 16.3. The minimum absolute atomic E-state index is 0.0127. The molecule has 282 valence electrons. The molecule has 3 aromatic carbocycles. The van der Waals surface area contributed by atoms with Crippen molar-refractivity contribution in [2.24, 2.45) is 4.99 Å². The zero-order chi connectivity index (χ0) is 37.5. The highest BCUT2D eigenvalue weighted by molar-refractivity contribution is 7.90. The van der Waals surface area contributed by atoms with Crippen LogP contribution in [0.5, 0.6) is 5.75 Å². The first kappa shape index (κ1) is 40.3. The molecule has 52 heavy (non-hydrogen) atoms. The number of rotatable bonds is 13. The smallest absolute Gasteiger partial charge is 0.326 e. The molecule has 2 fully saturated rings. The predicted molar refractivity (Wildman–Crippen MR) is 207 cm³/mol. The van der Waals surface area contributed by atoms with Crippen LogP contribution < -0.4 is 4.74 Å². The van der Waals surface area contributed by atoms with E-state index < -0.39 is 19.9 Å². The van der Waals surface area contributed by atoms with Gasteiger partial charge in [0.1, 0.15) is 26.3 Å². The summed E-state index contributed by atoms with van der Waals surface area (Å²) in [6, 6.07) is 17.0. The maximum atomic E-state index is 14.8. The number of nitrogens with zero attached hydrogens (tertiary/aromatic N) is 5. The molecular weight excluding hydrogens is 769 g/mol. The number of hydrogen-bond donors (Lipinski definition) is 0. The lowest BCUT2D eigenvalue weighted by molar-refractivity contribution is 0.125. The molecule has 0 saturated carbocycles. The molecule has 2 amide bonds. The second-order valence-corrected chi connectivity index (χ2v) is 18.3. The fourth-order valence-corrected chi connectivity index (χ4v) is 9.15. The lowest BCUT2D eigenvalue weighted by atomic mass is 10.1. The molecule has 11 nitrogen and oxygen atoms in total. The molecule has 0 aliphatic carbocycles. The van der Waals surface area contributed by atoms with Gasteiger partial charge in [-0.3, -0.25) is 14.8 Å². The van der Waals surface area contributed by atoms with Crippen molar-refractivity contribution in [3.05, 3.63) is 92.4 Å². The molecule has 0 bridgehead atoms. The van der Waals surface area contributed by atoms with Crippen LogP contribution in [0.1, 0.15) is 42.9 Å². The van der Waals surface area contributed by atoms with Crippen LogP contribution in [0, 0.1) is 0 Å². The van der Waals surface area contributed by atoms with E-state index >= 15 is 0 Å². The topological polar surface area (TPSA) is 120 Å². The van der Waals surface area contributed by atoms with E-state index in [1.807, 2.05) is 31.2 Å². The zero-order valence-corrected chi connectivity index (χ0v) is 33.2. The molecular formula is C36H44Cl3N5O6S2. The van der Waals surface area contributed by atoms with Crippen LogP contribution in [-0.4, -0.2) is 112 Å². The van der Waals surface area contributed by atoms with E-state index in [1.165, 1.54) is 22.7 Å². The van der Waals surface area contributed by atoms with Gasteiger partial charge in [0.25, 0.3) is 0 Å². The van der Waals surface area contributed by atoms with Crippen molar-refractivity contribution >= 4 is 66.5 Å². The number of amidine groups is 1. The number of carbonyl (C=O) groups is 1. The number of halogens is 3. The third-order valence-corrected chi connectivity index (χ3v) is 12.9. The average molecular weight is 813 g/mol. The first-order valence-corrected chi connectivity index (χ1v) is 21.9. The summed E-state index contributed by atoms with van der Waals surface area (Å²) < 4.78 is 58.7. The minimum Gasteiger partial charge on any atom is -0.493 e. The molecule has 2 heterocycles. The van der Waals surface area contributed by atoms with Crippen LogP contribution in [0.25, 0.3) is 0 Å². The average Bonchev–Trinajstić information content (AvgIpc) is 3.66. The standard InChI is InChI=1S/C36H44Cl3N5O6S2/c1-3-50-33-24-32(39)34(52(48,49)43-16-4-5-17-43)23-31(33)35(40-25-27-7-11-29(37)12-8-27)44(26-28-9-13-30(38)14-10-28)36(45)42-20-18-41(19-21-42)15-6-22-51(2,46)47/h7-14,23-24H,3-6,15-22,25-26H2,1-2H3/b40-35-. The number of aliphatic imine (C=N–C) groups is 1. The number of sulfonamides is 1. The molecule has 0 atom stereocenters. The van der Waals surface area contributed by atoms with Gasteiger partial charge in [-0.25, -0.2) is 21.6 Å². The molecule has 3 aromatic rings. The van der Waals surface area contributed by atoms with Crippen molar-refractivity contribution in [1.82, 2.24) is 19.0 Å². The third kappa shape index (κ3) is 10.6. The Morgan fingerprint density at radius 2 is 1.44 bits per heavy atom. The van der Waals surface area contributed by atoms with Crippen LogP contribution in [0.3, 0.4) is 0 Å². The summed E-state index contributed by atoms with van der Waals surface area (Å²) in [6.45, 7) is 5.59. The first-order chi connectivity index (χ1) is 24.7. The molecule has 0 N–H and O–H groups in total. The Kier molecular flexibility index (Phi) is 13.9. The van der Waals surface area contributed by atoms with Gasteiger partial charge in [0.15, 0.2) is 0 Å². The minimum atomic E-state index is -3.98. The van der Waals surface area contributed by atoms with E-state index in [-0.39, 0.29) is 53.0 Å². The highest BCUT2D eigenvalue weighted by Gasteiger charge is 2.34. The van der Waals surface area contributed by atoms with Crippen molar-refractivity contribution < 1.29 is 26.4 Å². The van der Waals surface area contributed by atoms with Crippen LogP contribution in [0.2, 0.25) is 15.1 Å². The summed E-state index contributed by atoms with van der Waals surface area (Å²) in [5.74, 6) is 0.600. The van der Waals surface area contributed by atoms with Gasteiger partial charge in [-0.2, -0.15) is 4.31 Å². The van der Waals surface area contributed by atoms with Crippen molar-refractivity contribution in [2.45, 2.75) is 44.2 Å². The molecule has 2 saturated heterocycles. The van der Waals surface area contributed by atoms with E-state index in [2.05, 4.69) is 4.90 Å². The van der Waals surface area contributed by atoms with Crippen molar-refractivity contribution in [3.8, 4) is 5.75 Å². The highest BCUT2D eigenvalue weighted by atomic mass is 35.5. The summed E-state index contributed by atoms with van der Waals surface area (Å²) in [4.78, 5) is 25.1. The van der Waals surface area contributed by atoms with E-state index in [0.29, 0.717) is 67.8 Å². The number of benzene rings is 3. The monoisotopic (exact) mass is 811 g/mol. The summed E-state index contributed by atoms with van der Waals surface area (Å²) in [7, 11) is -7.05. The number of hydrogen-bond acceptors (Lipinski definition) is 8. The number of ether oxygens (including phenoxy) is 1. The Hall–Kier alpha value is -2.91. The van der Waals surface area contributed by atoms with Crippen LogP contribution >= 0.6 is 34.8 Å². The lowest BCUT2D eigenvalue weighted by Crippen LogP contribution is -2.54. The molecule has 2 aliphatic rings.